The Bertz CT molecular complexity index is 837. The van der Waals surface area contributed by atoms with Crippen molar-refractivity contribution >= 4 is 50.5 Å². The average Bonchev–Trinajstić information content (AvgIpc) is 2.90. The Labute approximate surface area is 159 Å². The molecule has 0 spiro atoms. The van der Waals surface area contributed by atoms with Gasteiger partial charge < -0.3 is 10.6 Å². The van der Waals surface area contributed by atoms with Crippen molar-refractivity contribution in [2.75, 3.05) is 18.6 Å². The zero-order valence-corrected chi connectivity index (χ0v) is 16.7. The van der Waals surface area contributed by atoms with Crippen LogP contribution in [0.1, 0.15) is 12.0 Å². The predicted octanol–water partition coefficient (Wildman–Crippen LogP) is 2.31. The summed E-state index contributed by atoms with van der Waals surface area (Å²) < 4.78 is 23.0. The minimum atomic E-state index is -2.89. The number of halogens is 1. The fourth-order valence-corrected chi connectivity index (χ4v) is 4.50. The Morgan fingerprint density at radius 2 is 1.96 bits per heavy atom. The Hall–Kier alpha value is -1.35. The molecule has 0 bridgehead atoms. The zero-order valence-electron chi connectivity index (χ0n) is 13.5. The molecule has 1 fully saturated rings. The highest BCUT2D eigenvalue weighted by molar-refractivity contribution is 14.0. The van der Waals surface area contributed by atoms with Gasteiger partial charge in [-0.1, -0.05) is 36.4 Å². The molecule has 0 aromatic heterocycles. The van der Waals surface area contributed by atoms with Crippen LogP contribution in [0.15, 0.2) is 47.5 Å². The topological polar surface area (TPSA) is 70.6 Å². The molecular formula is C17H22IN3O2S. The van der Waals surface area contributed by atoms with Gasteiger partial charge in [0.05, 0.1) is 11.5 Å². The van der Waals surface area contributed by atoms with Crippen LogP contribution < -0.4 is 10.6 Å². The number of benzene rings is 2. The Morgan fingerprint density at radius 1 is 1.21 bits per heavy atom. The van der Waals surface area contributed by atoms with E-state index in [9.17, 15) is 8.42 Å². The second-order valence-electron chi connectivity index (χ2n) is 5.85. The summed E-state index contributed by atoms with van der Waals surface area (Å²) in [7, 11) is -1.19. The summed E-state index contributed by atoms with van der Waals surface area (Å²) in [6.45, 7) is 0.643. The molecular weight excluding hydrogens is 437 g/mol. The summed E-state index contributed by atoms with van der Waals surface area (Å²) >= 11 is 0. The number of fused-ring (bicyclic) bond motifs is 1. The van der Waals surface area contributed by atoms with Gasteiger partial charge in [-0.2, -0.15) is 0 Å². The van der Waals surface area contributed by atoms with E-state index < -0.39 is 9.84 Å². The van der Waals surface area contributed by atoms with E-state index in [0.29, 0.717) is 18.9 Å². The molecule has 3 rings (SSSR count). The maximum Gasteiger partial charge on any atom is 0.191 e. The van der Waals surface area contributed by atoms with E-state index in [4.69, 9.17) is 0 Å². The second kappa shape index (κ2) is 8.15. The van der Waals surface area contributed by atoms with Crippen molar-refractivity contribution < 1.29 is 8.42 Å². The van der Waals surface area contributed by atoms with Gasteiger partial charge >= 0.3 is 0 Å². The lowest BCUT2D eigenvalue weighted by Crippen LogP contribution is -2.43. The van der Waals surface area contributed by atoms with Crippen molar-refractivity contribution in [3.8, 4) is 0 Å². The first-order valence-corrected chi connectivity index (χ1v) is 9.53. The van der Waals surface area contributed by atoms with Crippen LogP contribution in [0.4, 0.5) is 0 Å². The third-order valence-electron chi connectivity index (χ3n) is 4.07. The molecule has 1 heterocycles. The van der Waals surface area contributed by atoms with Crippen molar-refractivity contribution in [1.29, 1.82) is 0 Å². The number of rotatable bonds is 3. The highest BCUT2D eigenvalue weighted by Gasteiger charge is 2.28. The van der Waals surface area contributed by atoms with Crippen molar-refractivity contribution in [2.45, 2.75) is 19.0 Å². The Morgan fingerprint density at radius 3 is 2.62 bits per heavy atom. The minimum Gasteiger partial charge on any atom is -0.353 e. The number of hydrogen-bond acceptors (Lipinski definition) is 3. The van der Waals surface area contributed by atoms with Crippen LogP contribution in [0.2, 0.25) is 0 Å². The summed E-state index contributed by atoms with van der Waals surface area (Å²) in [6, 6.07) is 14.5. The molecule has 7 heteroatoms. The minimum absolute atomic E-state index is 0. The highest BCUT2D eigenvalue weighted by atomic mass is 127. The molecule has 0 aliphatic carbocycles. The molecule has 1 aliphatic rings. The number of nitrogens with one attached hydrogen (secondary N) is 2. The van der Waals surface area contributed by atoms with Gasteiger partial charge in [0.25, 0.3) is 0 Å². The predicted molar refractivity (Wildman–Crippen MR) is 110 cm³/mol. The summed E-state index contributed by atoms with van der Waals surface area (Å²) in [5.41, 5.74) is 1.16. The lowest BCUT2D eigenvalue weighted by atomic mass is 10.1. The third-order valence-corrected chi connectivity index (χ3v) is 5.84. The number of nitrogens with zero attached hydrogens (tertiary/aromatic N) is 1. The average molecular weight is 459 g/mol. The highest BCUT2D eigenvalue weighted by Crippen LogP contribution is 2.15. The SMILES string of the molecule is CN=C(NCc1ccc2ccccc2c1)NC1CCS(=O)(=O)C1.I. The van der Waals surface area contributed by atoms with Crippen LogP contribution in [-0.2, 0) is 16.4 Å². The first-order chi connectivity index (χ1) is 11.1. The van der Waals surface area contributed by atoms with Crippen molar-refractivity contribution in [1.82, 2.24) is 10.6 Å². The van der Waals surface area contributed by atoms with Crippen LogP contribution in [0.5, 0.6) is 0 Å². The van der Waals surface area contributed by atoms with Gasteiger partial charge in [-0.15, -0.1) is 24.0 Å². The summed E-state index contributed by atoms with van der Waals surface area (Å²) in [4.78, 5) is 4.18. The smallest absolute Gasteiger partial charge is 0.191 e. The molecule has 2 aromatic rings. The number of sulfone groups is 1. The first-order valence-electron chi connectivity index (χ1n) is 7.71. The molecule has 2 aromatic carbocycles. The molecule has 1 atom stereocenters. The largest absolute Gasteiger partial charge is 0.353 e. The molecule has 5 nitrogen and oxygen atoms in total. The van der Waals surface area contributed by atoms with Gasteiger partial charge in [-0.25, -0.2) is 8.42 Å². The molecule has 0 saturated carbocycles. The fraction of sp³-hybridized carbons (Fsp3) is 0.353. The third kappa shape index (κ3) is 4.83. The number of guanidine groups is 1. The molecule has 0 radical (unpaired) electrons. The van der Waals surface area contributed by atoms with Crippen molar-refractivity contribution in [3.63, 3.8) is 0 Å². The van der Waals surface area contributed by atoms with Crippen LogP contribution in [0, 0.1) is 0 Å². The lowest BCUT2D eigenvalue weighted by molar-refractivity contribution is 0.599. The first kappa shape index (κ1) is 19.0. The zero-order chi connectivity index (χ0) is 16.3. The van der Waals surface area contributed by atoms with Crippen molar-refractivity contribution in [3.05, 3.63) is 48.0 Å². The van der Waals surface area contributed by atoms with Gasteiger partial charge in [0.15, 0.2) is 15.8 Å². The Balaban J connectivity index is 0.00000208. The summed E-state index contributed by atoms with van der Waals surface area (Å²) in [5.74, 6) is 1.08. The van der Waals surface area contributed by atoms with E-state index in [1.54, 1.807) is 7.05 Å². The van der Waals surface area contributed by atoms with Crippen LogP contribution >= 0.6 is 24.0 Å². The molecule has 24 heavy (non-hydrogen) atoms. The quantitative estimate of drug-likeness (QED) is 0.420. The molecule has 0 amide bonds. The van der Waals surface area contributed by atoms with Gasteiger partial charge in [-0.3, -0.25) is 4.99 Å². The Kier molecular flexibility index (Phi) is 6.45. The standard InChI is InChI=1S/C17H21N3O2S.HI/c1-18-17(20-16-8-9-23(21,22)12-16)19-11-13-6-7-14-4-2-3-5-15(14)10-13;/h2-7,10,16H,8-9,11-12H2,1H3,(H2,18,19,20);1H. The summed E-state index contributed by atoms with van der Waals surface area (Å²) in [6.07, 6.45) is 0.638. The number of aliphatic imine (C=N–C) groups is 1. The second-order valence-corrected chi connectivity index (χ2v) is 8.08. The molecule has 1 aliphatic heterocycles. The molecule has 1 saturated heterocycles. The number of hydrogen-bond donors (Lipinski definition) is 2. The van der Waals surface area contributed by atoms with E-state index in [1.807, 2.05) is 12.1 Å². The monoisotopic (exact) mass is 459 g/mol. The maximum atomic E-state index is 11.5. The van der Waals surface area contributed by atoms with E-state index in [1.165, 1.54) is 10.8 Å². The lowest BCUT2D eigenvalue weighted by Gasteiger charge is -2.16. The van der Waals surface area contributed by atoms with Gasteiger partial charge in [-0.05, 0) is 28.8 Å². The van der Waals surface area contributed by atoms with E-state index in [-0.39, 0.29) is 41.5 Å². The molecule has 2 N–H and O–H groups in total. The molecule has 130 valence electrons. The van der Waals surface area contributed by atoms with E-state index >= 15 is 0 Å². The van der Waals surface area contributed by atoms with Gasteiger partial charge in [0, 0.05) is 19.6 Å². The molecule has 1 unspecified atom stereocenters. The normalized spacial score (nSPS) is 19.7. The maximum absolute atomic E-state index is 11.5. The van der Waals surface area contributed by atoms with Crippen LogP contribution in [-0.4, -0.2) is 39.0 Å². The van der Waals surface area contributed by atoms with Crippen LogP contribution in [0.3, 0.4) is 0 Å². The fourth-order valence-electron chi connectivity index (χ4n) is 2.83. The van der Waals surface area contributed by atoms with E-state index in [2.05, 4.69) is 46.0 Å². The summed E-state index contributed by atoms with van der Waals surface area (Å²) in [5, 5.41) is 8.86. The van der Waals surface area contributed by atoms with E-state index in [0.717, 1.165) is 5.56 Å². The van der Waals surface area contributed by atoms with Gasteiger partial charge in [0.2, 0.25) is 0 Å². The van der Waals surface area contributed by atoms with Crippen LogP contribution in [0.25, 0.3) is 10.8 Å². The van der Waals surface area contributed by atoms with Crippen molar-refractivity contribution in [2.24, 2.45) is 4.99 Å². The van der Waals surface area contributed by atoms with Gasteiger partial charge in [0.1, 0.15) is 0 Å².